The van der Waals surface area contributed by atoms with Gasteiger partial charge in [-0.2, -0.15) is 0 Å². The van der Waals surface area contributed by atoms with Crippen molar-refractivity contribution >= 4 is 41.3 Å². The summed E-state index contributed by atoms with van der Waals surface area (Å²) in [6.07, 6.45) is 2.44. The van der Waals surface area contributed by atoms with E-state index in [9.17, 15) is 0 Å². The summed E-state index contributed by atoms with van der Waals surface area (Å²) in [6.45, 7) is 2.62. The topological polar surface area (TPSA) is 67.4 Å². The number of guanidine groups is 1. The van der Waals surface area contributed by atoms with Crippen molar-refractivity contribution in [1.29, 1.82) is 0 Å². The highest BCUT2D eigenvalue weighted by Crippen LogP contribution is 2.38. The van der Waals surface area contributed by atoms with Gasteiger partial charge in [0.05, 0.1) is 21.3 Å². The maximum Gasteiger partial charge on any atom is 0.203 e. The van der Waals surface area contributed by atoms with E-state index in [0.29, 0.717) is 35.8 Å². The minimum absolute atomic E-state index is 0. The highest BCUT2D eigenvalue weighted by Gasteiger charge is 2.31. The predicted molar refractivity (Wildman–Crippen MR) is 142 cm³/mol. The molecule has 32 heavy (non-hydrogen) atoms. The number of nitrogens with zero attached hydrogens (tertiary/aromatic N) is 2. The molecule has 9 heteroatoms. The fourth-order valence-corrected chi connectivity index (χ4v) is 5.24. The van der Waals surface area contributed by atoms with Crippen molar-refractivity contribution in [2.24, 2.45) is 10.9 Å². The standard InChI is InChI=1S/C23H34N4O3S.HI/c1-24-23(25-14-16-12-18(28-3)22(30-5)19(13-16)29-4)26-15-17-8-6-10-27(2)21(17)20-9-7-11-31-20;/h7,9,11-13,17,21H,6,8,10,14-15H2,1-5H3,(H2,24,25,26);1H. The molecule has 2 heterocycles. The van der Waals surface area contributed by atoms with E-state index in [0.717, 1.165) is 24.6 Å². The van der Waals surface area contributed by atoms with Gasteiger partial charge in [-0.3, -0.25) is 9.89 Å². The first-order chi connectivity index (χ1) is 15.1. The highest BCUT2D eigenvalue weighted by atomic mass is 127. The van der Waals surface area contributed by atoms with E-state index < -0.39 is 0 Å². The van der Waals surface area contributed by atoms with Crippen molar-refractivity contribution < 1.29 is 14.2 Å². The van der Waals surface area contributed by atoms with E-state index in [1.54, 1.807) is 28.4 Å². The van der Waals surface area contributed by atoms with Crippen LogP contribution in [0, 0.1) is 5.92 Å². The number of methoxy groups -OCH3 is 3. The third-order valence-electron chi connectivity index (χ3n) is 5.78. The van der Waals surface area contributed by atoms with Crippen LogP contribution in [0.2, 0.25) is 0 Å². The van der Waals surface area contributed by atoms with Crippen molar-refractivity contribution in [2.75, 3.05) is 48.5 Å². The zero-order valence-electron chi connectivity index (χ0n) is 19.5. The molecule has 0 aliphatic carbocycles. The highest BCUT2D eigenvalue weighted by molar-refractivity contribution is 14.0. The van der Waals surface area contributed by atoms with Crippen LogP contribution in [0.1, 0.15) is 29.3 Å². The molecular weight excluding hydrogens is 539 g/mol. The second kappa shape index (κ2) is 13.1. The van der Waals surface area contributed by atoms with Gasteiger partial charge < -0.3 is 24.8 Å². The van der Waals surface area contributed by atoms with E-state index >= 15 is 0 Å². The molecule has 1 aromatic heterocycles. The van der Waals surface area contributed by atoms with Crippen LogP contribution in [0.4, 0.5) is 0 Å². The lowest BCUT2D eigenvalue weighted by Crippen LogP contribution is -2.44. The average molecular weight is 575 g/mol. The summed E-state index contributed by atoms with van der Waals surface area (Å²) in [5.41, 5.74) is 1.02. The molecule has 2 unspecified atom stereocenters. The number of likely N-dealkylation sites (tertiary alicyclic amines) is 1. The minimum Gasteiger partial charge on any atom is -0.493 e. The maximum absolute atomic E-state index is 5.45. The summed E-state index contributed by atoms with van der Waals surface area (Å²) < 4.78 is 16.3. The van der Waals surface area contributed by atoms with Crippen LogP contribution in [-0.4, -0.2) is 59.4 Å². The third kappa shape index (κ3) is 6.41. The zero-order chi connectivity index (χ0) is 22.2. The normalized spacial score (nSPS) is 19.1. The van der Waals surface area contributed by atoms with Gasteiger partial charge in [0.1, 0.15) is 0 Å². The Morgan fingerprint density at radius 2 is 1.88 bits per heavy atom. The average Bonchev–Trinajstić information content (AvgIpc) is 3.32. The SMILES string of the molecule is CN=C(NCc1cc(OC)c(OC)c(OC)c1)NCC1CCCN(C)C1c1cccs1.I. The van der Waals surface area contributed by atoms with Crippen LogP contribution in [0.3, 0.4) is 0 Å². The molecule has 178 valence electrons. The molecule has 2 N–H and O–H groups in total. The van der Waals surface area contributed by atoms with Gasteiger partial charge in [0.15, 0.2) is 17.5 Å². The van der Waals surface area contributed by atoms with Gasteiger partial charge in [0.25, 0.3) is 0 Å². The van der Waals surface area contributed by atoms with Gasteiger partial charge >= 0.3 is 0 Å². The van der Waals surface area contributed by atoms with Crippen molar-refractivity contribution in [3.8, 4) is 17.2 Å². The van der Waals surface area contributed by atoms with Gasteiger partial charge in [-0.05, 0) is 61.5 Å². The van der Waals surface area contributed by atoms with Gasteiger partial charge in [-0.25, -0.2) is 0 Å². The van der Waals surface area contributed by atoms with Gasteiger partial charge in [-0.1, -0.05) is 6.07 Å². The number of hydrogen-bond acceptors (Lipinski definition) is 6. The lowest BCUT2D eigenvalue weighted by atomic mass is 9.88. The Hall–Kier alpha value is -1.72. The molecule has 0 radical (unpaired) electrons. The Balaban J connectivity index is 0.00000363. The lowest BCUT2D eigenvalue weighted by molar-refractivity contribution is 0.125. The molecule has 1 aromatic carbocycles. The van der Waals surface area contributed by atoms with Gasteiger partial charge in [-0.15, -0.1) is 35.3 Å². The quantitative estimate of drug-likeness (QED) is 0.281. The van der Waals surface area contributed by atoms with Crippen LogP contribution >= 0.6 is 35.3 Å². The number of thiophene rings is 1. The van der Waals surface area contributed by atoms with E-state index in [1.165, 1.54) is 17.7 Å². The second-order valence-electron chi connectivity index (χ2n) is 7.68. The summed E-state index contributed by atoms with van der Waals surface area (Å²) >= 11 is 1.85. The summed E-state index contributed by atoms with van der Waals surface area (Å²) in [7, 11) is 8.89. The first-order valence-corrected chi connectivity index (χ1v) is 11.5. The Kier molecular flexibility index (Phi) is 10.9. The third-order valence-corrected chi connectivity index (χ3v) is 6.72. The summed E-state index contributed by atoms with van der Waals surface area (Å²) in [6, 6.07) is 8.75. The van der Waals surface area contributed by atoms with Crippen molar-refractivity contribution in [1.82, 2.24) is 15.5 Å². The molecule has 0 spiro atoms. The number of nitrogens with one attached hydrogen (secondary N) is 2. The molecule has 3 rings (SSSR count). The first kappa shape index (κ1) is 26.5. The Morgan fingerprint density at radius 1 is 1.16 bits per heavy atom. The molecule has 1 saturated heterocycles. The monoisotopic (exact) mass is 574 g/mol. The fourth-order valence-electron chi connectivity index (χ4n) is 4.25. The predicted octanol–water partition coefficient (Wildman–Crippen LogP) is 4.14. The van der Waals surface area contributed by atoms with Crippen LogP contribution in [0.15, 0.2) is 34.6 Å². The van der Waals surface area contributed by atoms with Crippen LogP contribution in [0.5, 0.6) is 17.2 Å². The first-order valence-electron chi connectivity index (χ1n) is 10.6. The molecule has 2 atom stereocenters. The minimum atomic E-state index is 0. The smallest absolute Gasteiger partial charge is 0.203 e. The van der Waals surface area contributed by atoms with Crippen molar-refractivity contribution in [2.45, 2.75) is 25.4 Å². The Labute approximate surface area is 212 Å². The zero-order valence-corrected chi connectivity index (χ0v) is 22.7. The molecule has 1 aliphatic heterocycles. The van der Waals surface area contributed by atoms with Crippen LogP contribution in [0.25, 0.3) is 0 Å². The van der Waals surface area contributed by atoms with Crippen molar-refractivity contribution in [3.63, 3.8) is 0 Å². The number of piperidine rings is 1. The Morgan fingerprint density at radius 3 is 2.44 bits per heavy atom. The van der Waals surface area contributed by atoms with Gasteiger partial charge in [0, 0.05) is 31.1 Å². The number of ether oxygens (including phenoxy) is 3. The molecule has 0 bridgehead atoms. The number of rotatable bonds is 8. The fraction of sp³-hybridized carbons (Fsp3) is 0.522. The molecule has 0 amide bonds. The molecule has 0 saturated carbocycles. The molecule has 1 aliphatic rings. The molecule has 1 fully saturated rings. The number of benzene rings is 1. The number of hydrogen-bond donors (Lipinski definition) is 2. The maximum atomic E-state index is 5.45. The van der Waals surface area contributed by atoms with E-state index in [2.05, 4.69) is 45.1 Å². The van der Waals surface area contributed by atoms with Crippen molar-refractivity contribution in [3.05, 3.63) is 40.1 Å². The Bertz CT molecular complexity index is 838. The summed E-state index contributed by atoms with van der Waals surface area (Å²) in [5.74, 6) is 3.21. The van der Waals surface area contributed by atoms with Crippen LogP contribution < -0.4 is 24.8 Å². The second-order valence-corrected chi connectivity index (χ2v) is 8.66. The van der Waals surface area contributed by atoms with E-state index in [4.69, 9.17) is 14.2 Å². The van der Waals surface area contributed by atoms with Crippen LogP contribution in [-0.2, 0) is 6.54 Å². The van der Waals surface area contributed by atoms with E-state index in [1.807, 2.05) is 23.5 Å². The lowest BCUT2D eigenvalue weighted by Gasteiger charge is -2.39. The summed E-state index contributed by atoms with van der Waals surface area (Å²) in [4.78, 5) is 8.33. The van der Waals surface area contributed by atoms with Gasteiger partial charge in [0.2, 0.25) is 5.75 Å². The number of aliphatic imine (C=N–C) groups is 1. The van der Waals surface area contributed by atoms with E-state index in [-0.39, 0.29) is 24.0 Å². The molecular formula is C23H35IN4O3S. The number of halogens is 1. The largest absolute Gasteiger partial charge is 0.493 e. The molecule has 2 aromatic rings. The summed E-state index contributed by atoms with van der Waals surface area (Å²) in [5, 5.41) is 9.10. The molecule has 7 nitrogen and oxygen atoms in total.